The zero-order valence-electron chi connectivity index (χ0n) is 11.9. The average Bonchev–Trinajstić information content (AvgIpc) is 2.93. The van der Waals surface area contributed by atoms with Gasteiger partial charge in [0.25, 0.3) is 0 Å². The fraction of sp³-hybridized carbons (Fsp3) is 0.667. The number of rotatable bonds is 5. The van der Waals surface area contributed by atoms with Crippen LogP contribution in [-0.4, -0.2) is 18.0 Å². The number of amides is 1. The second-order valence-corrected chi connectivity index (χ2v) is 6.53. The lowest BCUT2D eigenvalue weighted by atomic mass is 9.89. The average molecular weight is 280 g/mol. The van der Waals surface area contributed by atoms with Gasteiger partial charge >= 0.3 is 0 Å². The SMILES string of the molecule is CCCC(NC(=O)C1(C)CCCCN1)c1cccs1. The van der Waals surface area contributed by atoms with Gasteiger partial charge in [-0.15, -0.1) is 11.3 Å². The molecule has 0 radical (unpaired) electrons. The Morgan fingerprint density at radius 1 is 1.58 bits per heavy atom. The Morgan fingerprint density at radius 2 is 2.42 bits per heavy atom. The number of hydrogen-bond acceptors (Lipinski definition) is 3. The van der Waals surface area contributed by atoms with Crippen molar-refractivity contribution in [3.05, 3.63) is 22.4 Å². The summed E-state index contributed by atoms with van der Waals surface area (Å²) in [6.45, 7) is 5.13. The molecule has 1 amide bonds. The van der Waals surface area contributed by atoms with E-state index in [0.717, 1.165) is 32.2 Å². The highest BCUT2D eigenvalue weighted by molar-refractivity contribution is 7.10. The fourth-order valence-corrected chi connectivity index (χ4v) is 3.44. The van der Waals surface area contributed by atoms with Crippen LogP contribution >= 0.6 is 11.3 Å². The van der Waals surface area contributed by atoms with Crippen molar-refractivity contribution in [2.24, 2.45) is 0 Å². The zero-order valence-corrected chi connectivity index (χ0v) is 12.7. The molecule has 1 saturated heterocycles. The van der Waals surface area contributed by atoms with E-state index in [2.05, 4.69) is 35.1 Å². The van der Waals surface area contributed by atoms with Crippen molar-refractivity contribution in [3.63, 3.8) is 0 Å². The molecule has 2 unspecified atom stereocenters. The minimum Gasteiger partial charge on any atom is -0.347 e. The van der Waals surface area contributed by atoms with E-state index in [1.807, 2.05) is 6.92 Å². The van der Waals surface area contributed by atoms with E-state index in [0.29, 0.717) is 0 Å². The molecule has 0 bridgehead atoms. The van der Waals surface area contributed by atoms with Crippen molar-refractivity contribution >= 4 is 17.2 Å². The molecule has 0 aliphatic carbocycles. The zero-order chi connectivity index (χ0) is 13.7. The Bertz CT molecular complexity index is 396. The van der Waals surface area contributed by atoms with Crippen LogP contribution < -0.4 is 10.6 Å². The van der Waals surface area contributed by atoms with Crippen LogP contribution in [-0.2, 0) is 4.79 Å². The minimum atomic E-state index is -0.387. The van der Waals surface area contributed by atoms with Crippen LogP contribution in [0.15, 0.2) is 17.5 Å². The lowest BCUT2D eigenvalue weighted by Gasteiger charge is -2.34. The first-order valence-corrected chi connectivity index (χ1v) is 8.13. The summed E-state index contributed by atoms with van der Waals surface area (Å²) in [5.74, 6) is 0.152. The molecule has 2 heterocycles. The van der Waals surface area contributed by atoms with Gasteiger partial charge < -0.3 is 10.6 Å². The fourth-order valence-electron chi connectivity index (χ4n) is 2.63. The van der Waals surface area contributed by atoms with Gasteiger partial charge in [-0.25, -0.2) is 0 Å². The molecule has 2 atom stereocenters. The van der Waals surface area contributed by atoms with Crippen LogP contribution in [0.3, 0.4) is 0 Å². The van der Waals surface area contributed by atoms with Gasteiger partial charge in [0.1, 0.15) is 0 Å². The standard InChI is InChI=1S/C15H24N2OS/c1-3-7-12(13-8-6-11-19-13)17-14(18)15(2)9-4-5-10-16-15/h6,8,11-12,16H,3-5,7,9-10H2,1-2H3,(H,17,18). The van der Waals surface area contributed by atoms with Crippen LogP contribution in [0.4, 0.5) is 0 Å². The summed E-state index contributed by atoms with van der Waals surface area (Å²) >= 11 is 1.72. The molecular formula is C15H24N2OS. The van der Waals surface area contributed by atoms with E-state index in [1.54, 1.807) is 11.3 Å². The van der Waals surface area contributed by atoms with Crippen molar-refractivity contribution < 1.29 is 4.79 Å². The summed E-state index contributed by atoms with van der Waals surface area (Å²) in [6, 6.07) is 4.33. The molecule has 2 N–H and O–H groups in total. The number of carbonyl (C=O) groups is 1. The highest BCUT2D eigenvalue weighted by Crippen LogP contribution is 2.25. The van der Waals surface area contributed by atoms with Crippen molar-refractivity contribution in [3.8, 4) is 0 Å². The van der Waals surface area contributed by atoms with Crippen LogP contribution in [0.2, 0.25) is 0 Å². The molecule has 1 fully saturated rings. The summed E-state index contributed by atoms with van der Waals surface area (Å²) in [6.07, 6.45) is 5.32. The summed E-state index contributed by atoms with van der Waals surface area (Å²) in [7, 11) is 0. The minimum absolute atomic E-state index is 0.152. The summed E-state index contributed by atoms with van der Waals surface area (Å²) < 4.78 is 0. The van der Waals surface area contributed by atoms with E-state index in [4.69, 9.17) is 0 Å². The predicted octanol–water partition coefficient (Wildman–Crippen LogP) is 3.24. The molecule has 1 aromatic rings. The Morgan fingerprint density at radius 3 is 3.00 bits per heavy atom. The number of nitrogens with one attached hydrogen (secondary N) is 2. The lowest BCUT2D eigenvalue weighted by molar-refractivity contribution is -0.128. The molecule has 106 valence electrons. The number of carbonyl (C=O) groups excluding carboxylic acids is 1. The lowest BCUT2D eigenvalue weighted by Crippen LogP contribution is -2.57. The van der Waals surface area contributed by atoms with Gasteiger partial charge in [0.15, 0.2) is 0 Å². The quantitative estimate of drug-likeness (QED) is 0.869. The molecule has 19 heavy (non-hydrogen) atoms. The van der Waals surface area contributed by atoms with Crippen molar-refractivity contribution in [2.45, 2.75) is 57.5 Å². The molecule has 0 saturated carbocycles. The van der Waals surface area contributed by atoms with Crippen LogP contribution in [0.5, 0.6) is 0 Å². The van der Waals surface area contributed by atoms with Crippen LogP contribution in [0.25, 0.3) is 0 Å². The maximum atomic E-state index is 12.5. The second kappa shape index (κ2) is 6.53. The summed E-state index contributed by atoms with van der Waals surface area (Å²) in [5, 5.41) is 8.69. The van der Waals surface area contributed by atoms with Crippen LogP contribution in [0.1, 0.15) is 56.9 Å². The van der Waals surface area contributed by atoms with Crippen LogP contribution in [0, 0.1) is 0 Å². The molecule has 0 aromatic carbocycles. The number of piperidine rings is 1. The summed E-state index contributed by atoms with van der Waals surface area (Å²) in [5.41, 5.74) is -0.387. The molecule has 1 aromatic heterocycles. The monoisotopic (exact) mass is 280 g/mol. The predicted molar refractivity (Wildman–Crippen MR) is 80.4 cm³/mol. The third kappa shape index (κ3) is 3.57. The van der Waals surface area contributed by atoms with Gasteiger partial charge in [0, 0.05) is 4.88 Å². The molecule has 2 rings (SSSR count). The summed E-state index contributed by atoms with van der Waals surface area (Å²) in [4.78, 5) is 13.8. The van der Waals surface area contributed by atoms with Gasteiger partial charge in [-0.2, -0.15) is 0 Å². The van der Waals surface area contributed by atoms with E-state index < -0.39 is 0 Å². The largest absolute Gasteiger partial charge is 0.347 e. The first kappa shape index (κ1) is 14.5. The molecule has 1 aliphatic heterocycles. The third-order valence-electron chi connectivity index (χ3n) is 3.89. The Kier molecular flexibility index (Phi) is 4.99. The molecule has 4 heteroatoms. The van der Waals surface area contributed by atoms with E-state index in [1.165, 1.54) is 11.3 Å². The normalized spacial score (nSPS) is 24.9. The van der Waals surface area contributed by atoms with Gasteiger partial charge in [0.05, 0.1) is 11.6 Å². The smallest absolute Gasteiger partial charge is 0.240 e. The molecule has 1 aliphatic rings. The second-order valence-electron chi connectivity index (χ2n) is 5.55. The first-order valence-electron chi connectivity index (χ1n) is 7.25. The Labute approximate surface area is 119 Å². The van der Waals surface area contributed by atoms with Crippen molar-refractivity contribution in [1.82, 2.24) is 10.6 Å². The molecule has 3 nitrogen and oxygen atoms in total. The van der Waals surface area contributed by atoms with Gasteiger partial charge in [-0.05, 0) is 50.6 Å². The van der Waals surface area contributed by atoms with Gasteiger partial charge in [-0.1, -0.05) is 19.4 Å². The molecular weight excluding hydrogens is 256 g/mol. The molecule has 0 spiro atoms. The van der Waals surface area contributed by atoms with Gasteiger partial charge in [-0.3, -0.25) is 4.79 Å². The maximum Gasteiger partial charge on any atom is 0.240 e. The Hall–Kier alpha value is -0.870. The Balaban J connectivity index is 2.02. The van der Waals surface area contributed by atoms with E-state index in [9.17, 15) is 4.79 Å². The van der Waals surface area contributed by atoms with Crippen molar-refractivity contribution in [1.29, 1.82) is 0 Å². The highest BCUT2D eigenvalue weighted by atomic mass is 32.1. The number of hydrogen-bond donors (Lipinski definition) is 2. The van der Waals surface area contributed by atoms with Gasteiger partial charge in [0.2, 0.25) is 5.91 Å². The highest BCUT2D eigenvalue weighted by Gasteiger charge is 2.35. The number of thiophene rings is 1. The maximum absolute atomic E-state index is 12.5. The van der Waals surface area contributed by atoms with E-state index in [-0.39, 0.29) is 17.5 Å². The topological polar surface area (TPSA) is 41.1 Å². The third-order valence-corrected chi connectivity index (χ3v) is 4.88. The van der Waals surface area contributed by atoms with E-state index >= 15 is 0 Å². The first-order chi connectivity index (χ1) is 9.15. The van der Waals surface area contributed by atoms with Crippen molar-refractivity contribution in [2.75, 3.05) is 6.54 Å².